The van der Waals surface area contributed by atoms with Gasteiger partial charge in [0.25, 0.3) is 5.69 Å². The second-order valence-corrected chi connectivity index (χ2v) is 12.6. The molecule has 0 unspecified atom stereocenters. The summed E-state index contributed by atoms with van der Waals surface area (Å²) in [4.78, 5) is 34.9. The Morgan fingerprint density at radius 1 is 0.938 bits per heavy atom. The molecule has 2 fully saturated rings. The van der Waals surface area contributed by atoms with Gasteiger partial charge >= 0.3 is 11.8 Å². The molecule has 0 bridgehead atoms. The lowest BCUT2D eigenvalue weighted by atomic mass is 9.88. The molecule has 0 spiro atoms. The van der Waals surface area contributed by atoms with Gasteiger partial charge in [-0.1, -0.05) is 57.6 Å². The number of amides is 1. The molecule has 1 amide bonds. The molecule has 4 rings (SSSR count). The lowest BCUT2D eigenvalue weighted by Crippen LogP contribution is -2.41. The van der Waals surface area contributed by atoms with E-state index in [1.807, 2.05) is 20.8 Å². The summed E-state index contributed by atoms with van der Waals surface area (Å²) in [5.41, 5.74) is -1.55. The van der Waals surface area contributed by atoms with E-state index in [2.05, 4.69) is 6.92 Å². The zero-order valence-electron chi connectivity index (χ0n) is 28.7. The summed E-state index contributed by atoms with van der Waals surface area (Å²) >= 11 is 0. The molecule has 48 heavy (non-hydrogen) atoms. The number of nitrogens with zero attached hydrogens (tertiary/aromatic N) is 5. The summed E-state index contributed by atoms with van der Waals surface area (Å²) in [7, 11) is 1.70. The van der Waals surface area contributed by atoms with E-state index in [-0.39, 0.29) is 23.4 Å². The first-order valence-corrected chi connectivity index (χ1v) is 16.1. The molecular formula is C34H48F3N5O6. The number of hydrogen-bond acceptors (Lipinski definition) is 8. The fourth-order valence-electron chi connectivity index (χ4n) is 5.33. The Labute approximate surface area is 281 Å². The fraction of sp³-hybridized carbons (Fsp3) is 0.588. The van der Waals surface area contributed by atoms with E-state index in [4.69, 9.17) is 10.00 Å². The number of ether oxygens (including phenoxy) is 1. The number of hydrogen-bond donors (Lipinski definition) is 0. The lowest BCUT2D eigenvalue weighted by Gasteiger charge is -2.35. The number of nitriles is 1. The zero-order chi connectivity index (χ0) is 36.4. The van der Waals surface area contributed by atoms with Gasteiger partial charge in [0.1, 0.15) is 5.60 Å². The van der Waals surface area contributed by atoms with Crippen LogP contribution in [0.3, 0.4) is 0 Å². The maximum absolute atomic E-state index is 14.2. The minimum absolute atomic E-state index is 0.0523. The molecule has 1 aliphatic heterocycles. The van der Waals surface area contributed by atoms with Crippen LogP contribution in [0.4, 0.5) is 35.0 Å². The predicted octanol–water partition coefficient (Wildman–Crippen LogP) is 9.20. The second kappa shape index (κ2) is 20.7. The highest BCUT2D eigenvalue weighted by Crippen LogP contribution is 2.34. The normalized spacial score (nSPS) is 14.8. The Hall–Kier alpha value is -4.41. The van der Waals surface area contributed by atoms with Crippen molar-refractivity contribution in [2.45, 2.75) is 91.6 Å². The first kappa shape index (κ1) is 41.6. The Balaban J connectivity index is 0.000000425. The van der Waals surface area contributed by atoms with E-state index in [0.717, 1.165) is 37.0 Å². The third kappa shape index (κ3) is 14.6. The minimum Gasteiger partial charge on any atom is -0.444 e. The van der Waals surface area contributed by atoms with Crippen molar-refractivity contribution in [2.24, 2.45) is 11.8 Å². The number of rotatable bonds is 6. The van der Waals surface area contributed by atoms with E-state index in [1.165, 1.54) is 63.6 Å². The summed E-state index contributed by atoms with van der Waals surface area (Å²) in [6, 6.07) is 8.46. The van der Waals surface area contributed by atoms with Gasteiger partial charge in [-0.2, -0.15) is 9.65 Å². The number of benzene rings is 2. The van der Waals surface area contributed by atoms with Crippen molar-refractivity contribution >= 4 is 23.2 Å². The molecule has 0 radical (unpaired) electrons. The summed E-state index contributed by atoms with van der Waals surface area (Å²) in [6.07, 6.45) is 10.0. The number of piperidine rings is 1. The van der Waals surface area contributed by atoms with Crippen LogP contribution in [-0.4, -0.2) is 53.1 Å². The highest BCUT2D eigenvalue weighted by molar-refractivity contribution is 5.67. The van der Waals surface area contributed by atoms with E-state index < -0.39 is 38.6 Å². The number of para-hydroxylation sites is 1. The number of anilines is 1. The first-order valence-electron chi connectivity index (χ1n) is 16.1. The average molecular weight is 680 g/mol. The summed E-state index contributed by atoms with van der Waals surface area (Å²) in [5, 5.41) is 28.5. The number of nitro groups is 2. The molecule has 1 saturated heterocycles. The van der Waals surface area contributed by atoms with Gasteiger partial charge in [0.15, 0.2) is 17.3 Å². The molecule has 0 N–H and O–H groups in total. The molecule has 0 atom stereocenters. The van der Waals surface area contributed by atoms with Gasteiger partial charge in [0.05, 0.1) is 15.9 Å². The summed E-state index contributed by atoms with van der Waals surface area (Å²) in [5.74, 6) is -1.88. The Morgan fingerprint density at radius 2 is 1.44 bits per heavy atom. The Kier molecular flexibility index (Phi) is 18.0. The van der Waals surface area contributed by atoms with Crippen molar-refractivity contribution in [3.63, 3.8) is 0 Å². The zero-order valence-corrected chi connectivity index (χ0v) is 28.7. The van der Waals surface area contributed by atoms with Gasteiger partial charge < -0.3 is 14.5 Å². The van der Waals surface area contributed by atoms with Crippen LogP contribution in [0.2, 0.25) is 0 Å². The van der Waals surface area contributed by atoms with Gasteiger partial charge in [0.2, 0.25) is 5.82 Å². The van der Waals surface area contributed by atoms with Crippen LogP contribution in [0.25, 0.3) is 0 Å². The van der Waals surface area contributed by atoms with Crippen LogP contribution < -0.4 is 4.90 Å². The van der Waals surface area contributed by atoms with Gasteiger partial charge in [-0.05, 0) is 57.6 Å². The van der Waals surface area contributed by atoms with E-state index >= 15 is 0 Å². The van der Waals surface area contributed by atoms with Crippen LogP contribution in [-0.2, 0) is 4.74 Å². The highest BCUT2D eigenvalue weighted by Gasteiger charge is 2.29. The molecule has 1 saturated carbocycles. The third-order valence-corrected chi connectivity index (χ3v) is 7.76. The van der Waals surface area contributed by atoms with Crippen molar-refractivity contribution in [1.82, 2.24) is 4.90 Å². The molecule has 2 aromatic rings. The standard InChI is InChI=1S/C18H26FN3O4.C8H16.C6H3F2NO2.C2H3N/c1-18(2,3)26-17(23)20(4)12-13-8-10-21(11-9-13)16-14(19)6-5-7-15(16)22(24)25;1-2-8-6-4-3-5-7-8;7-4-2-1-3-5(6(4)8)9(10)11;1-2-3/h5-7,13H,8-12H2,1-4H3;8H,2-7H2,1H3;1-3H;1H3. The number of nitro benzene ring substituents is 2. The van der Waals surface area contributed by atoms with Crippen molar-refractivity contribution in [3.05, 3.63) is 74.1 Å². The molecule has 1 heterocycles. The van der Waals surface area contributed by atoms with Crippen LogP contribution in [0.1, 0.15) is 86.0 Å². The van der Waals surface area contributed by atoms with Crippen LogP contribution >= 0.6 is 0 Å². The first-order chi connectivity index (χ1) is 22.6. The molecule has 14 heteroatoms. The molecular weight excluding hydrogens is 631 g/mol. The van der Waals surface area contributed by atoms with Crippen LogP contribution in [0.5, 0.6) is 0 Å². The average Bonchev–Trinajstić information content (AvgIpc) is 3.03. The Morgan fingerprint density at radius 3 is 1.88 bits per heavy atom. The van der Waals surface area contributed by atoms with Gasteiger partial charge in [0, 0.05) is 45.7 Å². The van der Waals surface area contributed by atoms with Crippen molar-refractivity contribution in [3.8, 4) is 6.07 Å². The van der Waals surface area contributed by atoms with E-state index in [0.29, 0.717) is 19.6 Å². The van der Waals surface area contributed by atoms with E-state index in [9.17, 15) is 38.2 Å². The highest BCUT2D eigenvalue weighted by atomic mass is 19.2. The number of carbonyl (C=O) groups excluding carboxylic acids is 1. The van der Waals surface area contributed by atoms with Crippen molar-refractivity contribution in [1.29, 1.82) is 5.26 Å². The van der Waals surface area contributed by atoms with Crippen LogP contribution in [0, 0.1) is 60.8 Å². The van der Waals surface area contributed by atoms with Crippen molar-refractivity contribution in [2.75, 3.05) is 31.6 Å². The van der Waals surface area contributed by atoms with Crippen molar-refractivity contribution < 1.29 is 32.5 Å². The Bertz CT molecular complexity index is 1370. The molecule has 266 valence electrons. The molecule has 2 aromatic carbocycles. The SMILES string of the molecule is CC#N.CCC1CCCCC1.CN(CC1CCN(c2c(F)cccc2[N+](=O)[O-])CC1)C(=O)OC(C)(C)C.O=[N+]([O-])c1cccc(F)c1F. The topological polar surface area (TPSA) is 143 Å². The van der Waals surface area contributed by atoms with Gasteiger partial charge in [-0.3, -0.25) is 20.2 Å². The number of halogens is 3. The summed E-state index contributed by atoms with van der Waals surface area (Å²) in [6.45, 7) is 10.8. The second-order valence-electron chi connectivity index (χ2n) is 12.6. The maximum atomic E-state index is 14.2. The largest absolute Gasteiger partial charge is 0.444 e. The third-order valence-electron chi connectivity index (χ3n) is 7.76. The maximum Gasteiger partial charge on any atom is 0.410 e. The number of carbonyl (C=O) groups is 1. The van der Waals surface area contributed by atoms with Crippen LogP contribution in [0.15, 0.2) is 36.4 Å². The molecule has 2 aliphatic rings. The quantitative estimate of drug-likeness (QED) is 0.217. The minimum atomic E-state index is -1.42. The summed E-state index contributed by atoms with van der Waals surface area (Å²) < 4.78 is 44.2. The smallest absolute Gasteiger partial charge is 0.410 e. The monoisotopic (exact) mass is 679 g/mol. The predicted molar refractivity (Wildman–Crippen MR) is 178 cm³/mol. The van der Waals surface area contributed by atoms with Gasteiger partial charge in [-0.15, -0.1) is 0 Å². The fourth-order valence-corrected chi connectivity index (χ4v) is 5.33. The molecule has 11 nitrogen and oxygen atoms in total. The van der Waals surface area contributed by atoms with Gasteiger partial charge in [-0.25, -0.2) is 13.6 Å². The molecule has 1 aliphatic carbocycles. The van der Waals surface area contributed by atoms with E-state index in [1.54, 1.807) is 22.9 Å². The molecule has 0 aromatic heterocycles. The lowest BCUT2D eigenvalue weighted by molar-refractivity contribution is -0.387.